The fraction of sp³-hybridized carbons (Fsp3) is 0.895. The Morgan fingerprint density at radius 1 is 0.958 bits per heavy atom. The summed E-state index contributed by atoms with van der Waals surface area (Å²) in [5.41, 5.74) is -1.47. The molecule has 0 aromatic rings. The van der Waals surface area contributed by atoms with E-state index in [1.54, 1.807) is 0 Å². The summed E-state index contributed by atoms with van der Waals surface area (Å²) in [4.78, 5) is 26.6. The Labute approximate surface area is 146 Å². The van der Waals surface area contributed by atoms with Crippen molar-refractivity contribution in [3.05, 3.63) is 0 Å². The van der Waals surface area contributed by atoms with Crippen LogP contribution in [-0.4, -0.2) is 40.1 Å². The van der Waals surface area contributed by atoms with Crippen LogP contribution in [0.1, 0.15) is 86.0 Å². The van der Waals surface area contributed by atoms with Gasteiger partial charge in [0.05, 0.1) is 0 Å². The first-order valence-corrected chi connectivity index (χ1v) is 9.45. The molecule has 0 atom stereocenters. The van der Waals surface area contributed by atoms with Crippen LogP contribution in [0.3, 0.4) is 0 Å². The van der Waals surface area contributed by atoms with E-state index >= 15 is 0 Å². The first-order valence-electron chi connectivity index (χ1n) is 9.45. The maximum atomic E-state index is 13.0. The standard InChI is InChI=1S/C19H34N2O3/c1-6-7-8-9-10-11-12-21-15(22)19(24-16(21)23)13-17(2,3)20-18(4,5)14-19/h20H,6-14H2,1-5H3. The molecule has 2 rings (SSSR count). The SMILES string of the molecule is CCCCCCCCN1C(=O)OC2(CC(C)(C)NC(C)(C)C2)C1=O. The second kappa shape index (κ2) is 7.03. The zero-order valence-corrected chi connectivity index (χ0v) is 16.0. The first-order chi connectivity index (χ1) is 11.1. The van der Waals surface area contributed by atoms with Crippen molar-refractivity contribution in [3.8, 4) is 0 Å². The molecule has 2 aliphatic heterocycles. The van der Waals surface area contributed by atoms with Crippen LogP contribution < -0.4 is 5.32 Å². The van der Waals surface area contributed by atoms with E-state index in [2.05, 4.69) is 39.9 Å². The molecule has 1 N–H and O–H groups in total. The highest BCUT2D eigenvalue weighted by Gasteiger charge is 2.60. The highest BCUT2D eigenvalue weighted by atomic mass is 16.6. The number of nitrogens with zero attached hydrogens (tertiary/aromatic N) is 1. The van der Waals surface area contributed by atoms with Gasteiger partial charge < -0.3 is 10.1 Å². The normalized spacial score (nSPS) is 24.5. The van der Waals surface area contributed by atoms with Crippen molar-refractivity contribution < 1.29 is 14.3 Å². The minimum absolute atomic E-state index is 0.135. The van der Waals surface area contributed by atoms with E-state index in [4.69, 9.17) is 4.74 Å². The summed E-state index contributed by atoms with van der Waals surface area (Å²) in [6, 6.07) is 0. The van der Waals surface area contributed by atoms with Crippen LogP contribution in [0.15, 0.2) is 0 Å². The van der Waals surface area contributed by atoms with Gasteiger partial charge in [-0.1, -0.05) is 39.0 Å². The van der Waals surface area contributed by atoms with Gasteiger partial charge in [-0.3, -0.25) is 4.79 Å². The zero-order chi connectivity index (χ0) is 18.0. The Kier molecular flexibility index (Phi) is 5.63. The van der Waals surface area contributed by atoms with Gasteiger partial charge in [-0.15, -0.1) is 0 Å². The predicted molar refractivity (Wildman–Crippen MR) is 94.8 cm³/mol. The number of imide groups is 1. The van der Waals surface area contributed by atoms with Crippen LogP contribution in [0.4, 0.5) is 4.79 Å². The van der Waals surface area contributed by atoms with Crippen molar-refractivity contribution in [3.63, 3.8) is 0 Å². The number of amides is 2. The van der Waals surface area contributed by atoms with Gasteiger partial charge in [-0.05, 0) is 34.1 Å². The molecule has 2 heterocycles. The van der Waals surface area contributed by atoms with Crippen molar-refractivity contribution in [2.45, 2.75) is 103 Å². The van der Waals surface area contributed by atoms with E-state index in [-0.39, 0.29) is 17.0 Å². The van der Waals surface area contributed by atoms with Gasteiger partial charge in [0.2, 0.25) is 0 Å². The summed E-state index contributed by atoms with van der Waals surface area (Å²) in [6.45, 7) is 10.9. The number of rotatable bonds is 7. The average Bonchev–Trinajstić information content (AvgIpc) is 2.62. The summed E-state index contributed by atoms with van der Waals surface area (Å²) in [5.74, 6) is -0.135. The van der Waals surface area contributed by atoms with E-state index in [9.17, 15) is 9.59 Å². The molecule has 1 spiro atoms. The second-order valence-electron chi connectivity index (χ2n) is 8.83. The summed E-state index contributed by atoms with van der Waals surface area (Å²) in [7, 11) is 0. The van der Waals surface area contributed by atoms with E-state index in [0.717, 1.165) is 12.8 Å². The predicted octanol–water partition coefficient (Wildman–Crippen LogP) is 4.01. The van der Waals surface area contributed by atoms with Crippen molar-refractivity contribution in [2.75, 3.05) is 6.54 Å². The summed E-state index contributed by atoms with van der Waals surface area (Å²) in [6.07, 6.45) is 7.40. The molecule has 24 heavy (non-hydrogen) atoms. The molecule has 0 bridgehead atoms. The molecule has 5 heteroatoms. The number of piperidine rings is 1. The number of carbonyl (C=O) groups excluding carboxylic acids is 2. The highest BCUT2D eigenvalue weighted by Crippen LogP contribution is 2.43. The fourth-order valence-electron chi connectivity index (χ4n) is 4.56. The van der Waals surface area contributed by atoms with Gasteiger partial charge in [0, 0.05) is 30.5 Å². The largest absolute Gasteiger partial charge is 0.432 e. The average molecular weight is 338 g/mol. The molecule has 138 valence electrons. The maximum absolute atomic E-state index is 13.0. The number of ether oxygens (including phenoxy) is 1. The Bertz CT molecular complexity index is 469. The molecule has 2 aliphatic rings. The van der Waals surface area contributed by atoms with Gasteiger partial charge in [0.1, 0.15) is 0 Å². The van der Waals surface area contributed by atoms with Crippen molar-refractivity contribution >= 4 is 12.0 Å². The molecule has 2 saturated heterocycles. The number of unbranched alkanes of at least 4 members (excludes halogenated alkanes) is 5. The molecule has 0 aromatic carbocycles. The van der Waals surface area contributed by atoms with E-state index in [1.807, 2.05) is 0 Å². The van der Waals surface area contributed by atoms with E-state index < -0.39 is 11.7 Å². The van der Waals surface area contributed by atoms with Crippen molar-refractivity contribution in [1.29, 1.82) is 0 Å². The molecule has 2 amide bonds. The molecule has 0 unspecified atom stereocenters. The van der Waals surface area contributed by atoms with E-state index in [0.29, 0.717) is 19.4 Å². The van der Waals surface area contributed by atoms with Crippen LogP contribution in [0, 0.1) is 0 Å². The number of carbonyl (C=O) groups is 2. The molecule has 0 saturated carbocycles. The number of nitrogens with one attached hydrogen (secondary N) is 1. The molecular formula is C19H34N2O3. The minimum Gasteiger partial charge on any atom is -0.432 e. The lowest BCUT2D eigenvalue weighted by Crippen LogP contribution is -2.65. The molecule has 5 nitrogen and oxygen atoms in total. The third-order valence-corrected chi connectivity index (χ3v) is 5.01. The second-order valence-corrected chi connectivity index (χ2v) is 8.83. The Morgan fingerprint density at radius 3 is 2.08 bits per heavy atom. The molecule has 0 aromatic heterocycles. The summed E-state index contributed by atoms with van der Waals surface area (Å²) >= 11 is 0. The Balaban J connectivity index is 1.98. The minimum atomic E-state index is -0.989. The third-order valence-electron chi connectivity index (χ3n) is 5.01. The lowest BCUT2D eigenvalue weighted by atomic mass is 9.72. The van der Waals surface area contributed by atoms with Gasteiger partial charge >= 0.3 is 6.09 Å². The van der Waals surface area contributed by atoms with Gasteiger partial charge in [0.15, 0.2) is 5.60 Å². The summed E-state index contributed by atoms with van der Waals surface area (Å²) < 4.78 is 5.68. The first kappa shape index (κ1) is 19.2. The summed E-state index contributed by atoms with van der Waals surface area (Å²) in [5, 5.41) is 3.54. The lowest BCUT2D eigenvalue weighted by Gasteiger charge is -2.49. The van der Waals surface area contributed by atoms with Crippen molar-refractivity contribution in [1.82, 2.24) is 10.2 Å². The van der Waals surface area contributed by atoms with Crippen LogP contribution in [0.2, 0.25) is 0 Å². The van der Waals surface area contributed by atoms with Gasteiger partial charge in [-0.25, -0.2) is 9.69 Å². The zero-order valence-electron chi connectivity index (χ0n) is 16.0. The van der Waals surface area contributed by atoms with Crippen LogP contribution >= 0.6 is 0 Å². The Hall–Kier alpha value is -1.10. The maximum Gasteiger partial charge on any atom is 0.417 e. The molecular weight excluding hydrogens is 304 g/mol. The van der Waals surface area contributed by atoms with Crippen molar-refractivity contribution in [2.24, 2.45) is 0 Å². The number of hydrogen-bond donors (Lipinski definition) is 1. The molecule has 0 aliphatic carbocycles. The molecule has 2 fully saturated rings. The van der Waals surface area contributed by atoms with Crippen LogP contribution in [-0.2, 0) is 9.53 Å². The smallest absolute Gasteiger partial charge is 0.417 e. The van der Waals surface area contributed by atoms with Crippen LogP contribution in [0.5, 0.6) is 0 Å². The highest BCUT2D eigenvalue weighted by molar-refractivity contribution is 6.03. The van der Waals surface area contributed by atoms with E-state index in [1.165, 1.54) is 30.6 Å². The Morgan fingerprint density at radius 2 is 1.50 bits per heavy atom. The lowest BCUT2D eigenvalue weighted by molar-refractivity contribution is -0.144. The number of hydrogen-bond acceptors (Lipinski definition) is 4. The third kappa shape index (κ3) is 4.29. The van der Waals surface area contributed by atoms with Gasteiger partial charge in [0.25, 0.3) is 5.91 Å². The molecule has 0 radical (unpaired) electrons. The fourth-order valence-corrected chi connectivity index (χ4v) is 4.56. The topological polar surface area (TPSA) is 58.6 Å². The quantitative estimate of drug-likeness (QED) is 0.713. The van der Waals surface area contributed by atoms with Gasteiger partial charge in [-0.2, -0.15) is 0 Å². The van der Waals surface area contributed by atoms with Crippen LogP contribution in [0.25, 0.3) is 0 Å². The monoisotopic (exact) mass is 338 g/mol.